The van der Waals surface area contributed by atoms with Crippen molar-refractivity contribution >= 4 is 34.8 Å². The summed E-state index contributed by atoms with van der Waals surface area (Å²) in [7, 11) is 0. The maximum atomic E-state index is 14.1. The molecule has 11 nitrogen and oxygen atoms in total. The number of carbonyl (C=O) groups is 2. The van der Waals surface area contributed by atoms with E-state index in [1.54, 1.807) is 0 Å². The molecule has 2 saturated carbocycles. The molecule has 2 bridgehead atoms. The Kier molecular flexibility index (Phi) is 7.14. The summed E-state index contributed by atoms with van der Waals surface area (Å²) >= 11 is 5.79. The molecule has 32 heavy (non-hydrogen) atoms. The zero-order valence-corrected chi connectivity index (χ0v) is 17.7. The van der Waals surface area contributed by atoms with Crippen molar-refractivity contribution in [3.63, 3.8) is 0 Å². The van der Waals surface area contributed by atoms with Gasteiger partial charge in [-0.25, -0.2) is 9.37 Å². The fourth-order valence-corrected chi connectivity index (χ4v) is 5.31. The van der Waals surface area contributed by atoms with Crippen LogP contribution >= 0.6 is 11.6 Å². The van der Waals surface area contributed by atoms with Crippen molar-refractivity contribution in [3.8, 4) is 0 Å². The highest BCUT2D eigenvalue weighted by Gasteiger charge is 2.54. The number of nitrogens with two attached hydrogens (primary N) is 1. The maximum Gasteiger partial charge on any atom is 0.229 e. The molecule has 2 aromatic heterocycles. The van der Waals surface area contributed by atoms with Crippen molar-refractivity contribution in [1.82, 2.24) is 15.1 Å². The van der Waals surface area contributed by atoms with Gasteiger partial charge in [0.25, 0.3) is 0 Å². The monoisotopic (exact) mass is 467 g/mol. The number of hydrogen-bond acceptors (Lipinski definition) is 8. The Bertz CT molecular complexity index is 1020. The summed E-state index contributed by atoms with van der Waals surface area (Å²) in [6.07, 6.45) is 6.46. The molecule has 0 radical (unpaired) electrons. The number of nitrogens with one attached hydrogen (secondary N) is 2. The van der Waals surface area contributed by atoms with Crippen LogP contribution in [0.5, 0.6) is 0 Å². The molecule has 2 aliphatic carbocycles. The zero-order valence-electron chi connectivity index (χ0n) is 16.9. The SMILES string of the molecule is NC(=O)[C@H]1[C@@H]2C[C@@H](CCC(=O)C[n+]3cc(N=O)c[nH]3)[C@@H](C2)[C@H]1Nc1nc(Cl)ncc1F.[OH-]. The number of nitroso groups, excluding NO2 is 1. The van der Waals surface area contributed by atoms with Gasteiger partial charge in [-0.2, -0.15) is 10.1 Å². The van der Waals surface area contributed by atoms with Crippen molar-refractivity contribution in [2.24, 2.45) is 34.6 Å². The molecule has 5 atom stereocenters. The maximum absolute atomic E-state index is 14.1. The summed E-state index contributed by atoms with van der Waals surface area (Å²) in [5, 5.41) is 8.53. The fourth-order valence-electron chi connectivity index (χ4n) is 5.18. The average Bonchev–Trinajstić information content (AvgIpc) is 3.43. The Morgan fingerprint density at radius 1 is 1.41 bits per heavy atom. The standard InChI is InChI=1S/C19H21ClFN7O3.H2O/c20-19-23-6-14(21)18(26-19)25-16-13-4-10(15(16)17(22)30)3-9(13)1-2-12(29)8-28-7-11(27-31)5-24-28;/h5-7,9-10,13,15-16H,1-4,8H2,(H3,22,23,25,26,30);1H2/t9-,10-,13-,15+,16-;/m1./s1. The van der Waals surface area contributed by atoms with Gasteiger partial charge in [0.1, 0.15) is 0 Å². The van der Waals surface area contributed by atoms with E-state index in [1.165, 1.54) is 17.1 Å². The van der Waals surface area contributed by atoms with Gasteiger partial charge in [0.15, 0.2) is 23.1 Å². The summed E-state index contributed by atoms with van der Waals surface area (Å²) in [6, 6.07) is -0.379. The second-order valence-corrected chi connectivity index (χ2v) is 8.55. The number of Topliss-reactive ketones (excluding diaryl/α,β-unsaturated/α-hetero) is 1. The lowest BCUT2D eigenvalue weighted by Crippen LogP contribution is -2.45. The first kappa shape index (κ1) is 23.7. The first-order valence-corrected chi connectivity index (χ1v) is 10.4. The summed E-state index contributed by atoms with van der Waals surface area (Å²) in [6.45, 7) is 0.118. The van der Waals surface area contributed by atoms with Gasteiger partial charge in [0.2, 0.25) is 23.9 Å². The molecule has 2 aliphatic rings. The number of amides is 1. The highest BCUT2D eigenvalue weighted by atomic mass is 35.5. The van der Waals surface area contributed by atoms with Crippen molar-refractivity contribution in [2.75, 3.05) is 5.32 Å². The van der Waals surface area contributed by atoms with E-state index in [0.29, 0.717) is 12.8 Å². The number of aromatic nitrogens is 4. The number of anilines is 1. The second kappa shape index (κ2) is 9.65. The molecule has 2 fully saturated rings. The number of carbonyl (C=O) groups excluding carboxylic acids is 2. The molecule has 172 valence electrons. The third kappa shape index (κ3) is 4.75. The molecule has 1 amide bonds. The van der Waals surface area contributed by atoms with Crippen LogP contribution < -0.4 is 15.7 Å². The lowest BCUT2D eigenvalue weighted by Gasteiger charge is -2.35. The molecule has 0 saturated heterocycles. The smallest absolute Gasteiger partial charge is 0.229 e. The van der Waals surface area contributed by atoms with Crippen LogP contribution in [0.4, 0.5) is 15.9 Å². The molecule has 13 heteroatoms. The van der Waals surface area contributed by atoms with Gasteiger partial charge in [-0.15, -0.1) is 9.59 Å². The molecule has 4 rings (SSSR count). The van der Waals surface area contributed by atoms with E-state index in [1.807, 2.05) is 0 Å². The first-order chi connectivity index (χ1) is 14.9. The number of nitrogens with zero attached hydrogens (tertiary/aromatic N) is 4. The fraction of sp³-hybridized carbons (Fsp3) is 0.526. The number of H-pyrrole nitrogens is 1. The topological polar surface area (TPSA) is 177 Å². The van der Waals surface area contributed by atoms with E-state index in [9.17, 15) is 18.9 Å². The highest BCUT2D eigenvalue weighted by molar-refractivity contribution is 6.28. The molecular formula is C19H23ClFN7O4. The number of hydrogen-bond donors (Lipinski definition) is 3. The van der Waals surface area contributed by atoms with Crippen molar-refractivity contribution in [3.05, 3.63) is 34.6 Å². The van der Waals surface area contributed by atoms with Gasteiger partial charge in [-0.3, -0.25) is 9.59 Å². The van der Waals surface area contributed by atoms with Gasteiger partial charge in [0.05, 0.1) is 18.3 Å². The summed E-state index contributed by atoms with van der Waals surface area (Å²) in [4.78, 5) is 42.5. The number of primary amides is 1. The van der Waals surface area contributed by atoms with Crippen LogP contribution in [0.15, 0.2) is 23.8 Å². The van der Waals surface area contributed by atoms with E-state index >= 15 is 0 Å². The number of aromatic amines is 1. The summed E-state index contributed by atoms with van der Waals surface area (Å²) < 4.78 is 15.6. The van der Waals surface area contributed by atoms with Crippen LogP contribution in [0, 0.1) is 34.4 Å². The predicted octanol–water partition coefficient (Wildman–Crippen LogP) is 1.69. The number of ketones is 1. The lowest BCUT2D eigenvalue weighted by molar-refractivity contribution is -0.738. The highest BCUT2D eigenvalue weighted by Crippen LogP contribution is 2.54. The van der Waals surface area contributed by atoms with E-state index in [2.05, 4.69) is 25.6 Å². The van der Waals surface area contributed by atoms with Crippen LogP contribution in [-0.4, -0.2) is 38.3 Å². The normalized spacial score (nSPS) is 25.9. The van der Waals surface area contributed by atoms with Gasteiger partial charge < -0.3 is 16.5 Å². The second-order valence-electron chi connectivity index (χ2n) is 8.21. The van der Waals surface area contributed by atoms with E-state index in [0.717, 1.165) is 19.0 Å². The number of fused-ring (bicyclic) bond motifs is 2. The van der Waals surface area contributed by atoms with Gasteiger partial charge >= 0.3 is 0 Å². The molecule has 0 aliphatic heterocycles. The van der Waals surface area contributed by atoms with Crippen LogP contribution in [0.2, 0.25) is 5.28 Å². The van der Waals surface area contributed by atoms with E-state index in [4.69, 9.17) is 17.3 Å². The molecule has 2 aromatic rings. The number of halogens is 2. The predicted molar refractivity (Wildman–Crippen MR) is 109 cm³/mol. The van der Waals surface area contributed by atoms with Gasteiger partial charge in [-0.05, 0) is 53.8 Å². The largest absolute Gasteiger partial charge is 0.870 e. The molecule has 2 heterocycles. The summed E-state index contributed by atoms with van der Waals surface area (Å²) in [5.41, 5.74) is 5.87. The minimum Gasteiger partial charge on any atom is -0.870 e. The zero-order chi connectivity index (χ0) is 22.1. The molecule has 0 unspecified atom stereocenters. The Morgan fingerprint density at radius 2 is 2.19 bits per heavy atom. The molecule has 0 spiro atoms. The van der Waals surface area contributed by atoms with E-state index < -0.39 is 17.6 Å². The molecular weight excluding hydrogens is 445 g/mol. The van der Waals surface area contributed by atoms with Crippen LogP contribution in [0.25, 0.3) is 0 Å². The number of rotatable bonds is 9. The first-order valence-electron chi connectivity index (χ1n) is 10.0. The Morgan fingerprint density at radius 3 is 2.88 bits per heavy atom. The Labute approximate surface area is 187 Å². The van der Waals surface area contributed by atoms with Gasteiger partial charge in [-0.1, -0.05) is 0 Å². The molecule has 0 aromatic carbocycles. The van der Waals surface area contributed by atoms with Crippen molar-refractivity contribution < 1.29 is 24.1 Å². The average molecular weight is 468 g/mol. The lowest BCUT2D eigenvalue weighted by atomic mass is 9.76. The summed E-state index contributed by atoms with van der Waals surface area (Å²) in [5.74, 6) is -1.22. The van der Waals surface area contributed by atoms with Gasteiger partial charge in [0, 0.05) is 12.5 Å². The third-order valence-electron chi connectivity index (χ3n) is 6.40. The minimum absolute atomic E-state index is 0. The Balaban J connectivity index is 0.00000289. The minimum atomic E-state index is -0.658. The van der Waals surface area contributed by atoms with Crippen LogP contribution in [-0.2, 0) is 16.1 Å². The Hall–Kier alpha value is -2.99. The molecule has 5 N–H and O–H groups in total. The third-order valence-corrected chi connectivity index (χ3v) is 6.58. The van der Waals surface area contributed by atoms with Crippen LogP contribution in [0.3, 0.4) is 0 Å². The van der Waals surface area contributed by atoms with Crippen molar-refractivity contribution in [1.29, 1.82) is 0 Å². The van der Waals surface area contributed by atoms with Crippen LogP contribution in [0.1, 0.15) is 25.7 Å². The van der Waals surface area contributed by atoms with Crippen molar-refractivity contribution in [2.45, 2.75) is 38.3 Å². The quantitative estimate of drug-likeness (QED) is 0.285. The van der Waals surface area contributed by atoms with E-state index in [-0.39, 0.29) is 58.4 Å².